The quantitative estimate of drug-likeness (QED) is 0.854. The van der Waals surface area contributed by atoms with E-state index < -0.39 is 0 Å². The van der Waals surface area contributed by atoms with Crippen molar-refractivity contribution >= 4 is 11.6 Å². The molecule has 1 heterocycles. The molecule has 1 aromatic carbocycles. The highest BCUT2D eigenvalue weighted by Gasteiger charge is 2.12. The molecule has 112 valence electrons. The number of benzene rings is 1. The molecular weight excluding hydrogens is 264 g/mol. The molecule has 0 saturated heterocycles. The average molecular weight is 286 g/mol. The van der Waals surface area contributed by atoms with E-state index in [4.69, 9.17) is 5.73 Å². The van der Waals surface area contributed by atoms with Gasteiger partial charge in [-0.25, -0.2) is 0 Å². The van der Waals surface area contributed by atoms with Gasteiger partial charge in [-0.1, -0.05) is 19.1 Å². The average Bonchev–Trinajstić information content (AvgIpc) is 2.87. The lowest BCUT2D eigenvalue weighted by Crippen LogP contribution is -2.16. The highest BCUT2D eigenvalue weighted by Crippen LogP contribution is 2.14. The van der Waals surface area contributed by atoms with Gasteiger partial charge in [-0.15, -0.1) is 0 Å². The minimum atomic E-state index is -0.138. The Balaban J connectivity index is 2.10. The van der Waals surface area contributed by atoms with Gasteiger partial charge in [0.25, 0.3) is 5.91 Å². The topological polar surface area (TPSA) is 72.9 Å². The summed E-state index contributed by atoms with van der Waals surface area (Å²) in [6.45, 7) is 2.69. The Labute approximate surface area is 125 Å². The van der Waals surface area contributed by atoms with Crippen LogP contribution in [0.25, 0.3) is 0 Å². The number of nitrogens with two attached hydrogens (primary N) is 1. The maximum atomic E-state index is 12.3. The van der Waals surface area contributed by atoms with Crippen molar-refractivity contribution in [2.75, 3.05) is 11.9 Å². The van der Waals surface area contributed by atoms with Crippen molar-refractivity contribution in [3.8, 4) is 0 Å². The van der Waals surface area contributed by atoms with E-state index in [1.807, 2.05) is 37.3 Å². The van der Waals surface area contributed by atoms with Crippen molar-refractivity contribution in [1.29, 1.82) is 0 Å². The second-order valence-corrected chi connectivity index (χ2v) is 5.04. The van der Waals surface area contributed by atoms with Crippen LogP contribution in [0.15, 0.2) is 30.3 Å². The summed E-state index contributed by atoms with van der Waals surface area (Å²) in [5.41, 5.74) is 8.99. The van der Waals surface area contributed by atoms with Crippen LogP contribution >= 0.6 is 0 Å². The molecule has 5 heteroatoms. The van der Waals surface area contributed by atoms with Crippen LogP contribution in [0.2, 0.25) is 0 Å². The highest BCUT2D eigenvalue weighted by molar-refractivity contribution is 6.03. The predicted molar refractivity (Wildman–Crippen MR) is 84.4 cm³/mol. The molecule has 0 radical (unpaired) electrons. The summed E-state index contributed by atoms with van der Waals surface area (Å²) in [7, 11) is 1.78. The van der Waals surface area contributed by atoms with Crippen LogP contribution < -0.4 is 11.1 Å². The first-order valence-corrected chi connectivity index (χ1v) is 7.27. The summed E-state index contributed by atoms with van der Waals surface area (Å²) in [5.74, 6) is -0.138. The van der Waals surface area contributed by atoms with E-state index in [1.165, 1.54) is 5.56 Å². The van der Waals surface area contributed by atoms with Gasteiger partial charge < -0.3 is 11.1 Å². The lowest BCUT2D eigenvalue weighted by molar-refractivity contribution is 0.101. The third-order valence-electron chi connectivity index (χ3n) is 3.38. The van der Waals surface area contributed by atoms with Gasteiger partial charge in [0.15, 0.2) is 0 Å². The molecule has 5 nitrogen and oxygen atoms in total. The number of hydrogen-bond donors (Lipinski definition) is 2. The van der Waals surface area contributed by atoms with Gasteiger partial charge in [0.05, 0.1) is 5.69 Å². The first-order chi connectivity index (χ1) is 10.1. The Morgan fingerprint density at radius 2 is 2.19 bits per heavy atom. The van der Waals surface area contributed by atoms with Crippen LogP contribution in [-0.4, -0.2) is 22.2 Å². The Hall–Kier alpha value is -2.14. The molecular formula is C16H22N4O. The van der Waals surface area contributed by atoms with Crippen LogP contribution in [0.1, 0.15) is 35.1 Å². The van der Waals surface area contributed by atoms with E-state index in [9.17, 15) is 4.79 Å². The molecule has 0 spiro atoms. The zero-order valence-electron chi connectivity index (χ0n) is 12.6. The van der Waals surface area contributed by atoms with Crippen LogP contribution in [0.4, 0.5) is 5.69 Å². The molecule has 3 N–H and O–H groups in total. The van der Waals surface area contributed by atoms with E-state index in [1.54, 1.807) is 11.7 Å². The summed E-state index contributed by atoms with van der Waals surface area (Å²) >= 11 is 0. The molecule has 0 aliphatic heterocycles. The Morgan fingerprint density at radius 3 is 2.86 bits per heavy atom. The van der Waals surface area contributed by atoms with Gasteiger partial charge >= 0.3 is 0 Å². The molecule has 0 fully saturated rings. The van der Waals surface area contributed by atoms with Crippen molar-refractivity contribution in [3.05, 3.63) is 47.3 Å². The minimum absolute atomic E-state index is 0.138. The summed E-state index contributed by atoms with van der Waals surface area (Å²) < 4.78 is 1.62. The van der Waals surface area contributed by atoms with Crippen LogP contribution in [0, 0.1) is 0 Å². The molecule has 2 aromatic rings. The Bertz CT molecular complexity index is 618. The molecule has 0 aliphatic rings. The lowest BCUT2D eigenvalue weighted by atomic mass is 10.1. The van der Waals surface area contributed by atoms with E-state index in [0.717, 1.165) is 30.6 Å². The van der Waals surface area contributed by atoms with Crippen LogP contribution in [0.5, 0.6) is 0 Å². The second kappa shape index (κ2) is 7.04. The fourth-order valence-electron chi connectivity index (χ4n) is 2.22. The van der Waals surface area contributed by atoms with Crippen molar-refractivity contribution in [2.24, 2.45) is 12.8 Å². The van der Waals surface area contributed by atoms with Gasteiger partial charge in [0.2, 0.25) is 0 Å². The number of aromatic nitrogens is 2. The number of nitrogens with zero attached hydrogens (tertiary/aromatic N) is 2. The van der Waals surface area contributed by atoms with Crippen LogP contribution in [-0.2, 0) is 19.9 Å². The molecule has 0 unspecified atom stereocenters. The molecule has 2 rings (SSSR count). The molecule has 0 bridgehead atoms. The summed E-state index contributed by atoms with van der Waals surface area (Å²) in [4.78, 5) is 12.3. The summed E-state index contributed by atoms with van der Waals surface area (Å²) in [6.07, 6.45) is 2.68. The standard InChI is InChI=1S/C16H22N4O/c1-3-13-11-15(20(2)19-13)16(21)18-14-8-4-6-12(10-14)7-5-9-17/h4,6,8,10-11H,3,5,7,9,17H2,1-2H3,(H,18,21). The fraction of sp³-hybridized carbons (Fsp3) is 0.375. The zero-order chi connectivity index (χ0) is 15.2. The van der Waals surface area contributed by atoms with E-state index >= 15 is 0 Å². The minimum Gasteiger partial charge on any atom is -0.330 e. The van der Waals surface area contributed by atoms with Gasteiger partial charge in [-0.2, -0.15) is 5.10 Å². The third-order valence-corrected chi connectivity index (χ3v) is 3.38. The number of hydrogen-bond acceptors (Lipinski definition) is 3. The monoisotopic (exact) mass is 286 g/mol. The zero-order valence-corrected chi connectivity index (χ0v) is 12.6. The lowest BCUT2D eigenvalue weighted by Gasteiger charge is -2.07. The molecule has 1 aromatic heterocycles. The molecule has 0 aliphatic carbocycles. The SMILES string of the molecule is CCc1cc(C(=O)Nc2cccc(CCCN)c2)n(C)n1. The summed E-state index contributed by atoms with van der Waals surface area (Å²) in [6, 6.07) is 9.70. The number of rotatable bonds is 6. The second-order valence-electron chi connectivity index (χ2n) is 5.04. The maximum absolute atomic E-state index is 12.3. The number of anilines is 1. The number of amides is 1. The van der Waals surface area contributed by atoms with Crippen molar-refractivity contribution in [1.82, 2.24) is 9.78 Å². The van der Waals surface area contributed by atoms with Crippen molar-refractivity contribution in [2.45, 2.75) is 26.2 Å². The number of carbonyl (C=O) groups excluding carboxylic acids is 1. The van der Waals surface area contributed by atoms with Crippen molar-refractivity contribution in [3.63, 3.8) is 0 Å². The maximum Gasteiger partial charge on any atom is 0.273 e. The molecule has 21 heavy (non-hydrogen) atoms. The predicted octanol–water partition coefficient (Wildman–Crippen LogP) is 2.13. The fourth-order valence-corrected chi connectivity index (χ4v) is 2.22. The molecule has 0 saturated carbocycles. The van der Waals surface area contributed by atoms with Gasteiger partial charge in [-0.05, 0) is 49.6 Å². The normalized spacial score (nSPS) is 10.6. The molecule has 1 amide bonds. The molecule has 0 atom stereocenters. The number of carbonyl (C=O) groups is 1. The van der Waals surface area contributed by atoms with Crippen LogP contribution in [0.3, 0.4) is 0 Å². The Morgan fingerprint density at radius 1 is 1.38 bits per heavy atom. The van der Waals surface area contributed by atoms with E-state index in [0.29, 0.717) is 12.2 Å². The largest absolute Gasteiger partial charge is 0.330 e. The van der Waals surface area contributed by atoms with E-state index in [2.05, 4.69) is 10.4 Å². The van der Waals surface area contributed by atoms with Gasteiger partial charge in [0, 0.05) is 12.7 Å². The highest BCUT2D eigenvalue weighted by atomic mass is 16.2. The van der Waals surface area contributed by atoms with Gasteiger partial charge in [-0.3, -0.25) is 9.48 Å². The first kappa shape index (κ1) is 15.3. The number of nitrogens with one attached hydrogen (secondary N) is 1. The van der Waals surface area contributed by atoms with Gasteiger partial charge in [0.1, 0.15) is 5.69 Å². The van der Waals surface area contributed by atoms with Crippen molar-refractivity contribution < 1.29 is 4.79 Å². The first-order valence-electron chi connectivity index (χ1n) is 7.27. The van der Waals surface area contributed by atoms with E-state index in [-0.39, 0.29) is 5.91 Å². The smallest absolute Gasteiger partial charge is 0.273 e. The number of aryl methyl sites for hydroxylation is 3. The summed E-state index contributed by atoms with van der Waals surface area (Å²) in [5, 5.41) is 7.21. The Kier molecular flexibility index (Phi) is 5.11. The third kappa shape index (κ3) is 3.92.